The lowest BCUT2D eigenvalue weighted by Crippen LogP contribution is -2.35. The van der Waals surface area contributed by atoms with Gasteiger partial charge in [-0.2, -0.15) is 5.10 Å². The van der Waals surface area contributed by atoms with E-state index < -0.39 is 12.1 Å². The molecular formula is C18H20ClF3N4O. The van der Waals surface area contributed by atoms with Crippen LogP contribution >= 0.6 is 12.4 Å². The molecule has 2 fully saturated rings. The maximum Gasteiger partial charge on any atom is 0.282 e. The zero-order valence-electron chi connectivity index (χ0n) is 14.6. The topological polar surface area (TPSA) is 50.2 Å². The van der Waals surface area contributed by atoms with Gasteiger partial charge in [0.25, 0.3) is 12.3 Å². The Bertz CT molecular complexity index is 844. The second-order valence-corrected chi connectivity index (χ2v) is 6.92. The second-order valence-electron chi connectivity index (χ2n) is 6.92. The summed E-state index contributed by atoms with van der Waals surface area (Å²) in [6, 6.07) is 7.10. The Hall–Kier alpha value is -2.06. The van der Waals surface area contributed by atoms with Crippen molar-refractivity contribution < 1.29 is 18.0 Å². The lowest BCUT2D eigenvalue weighted by molar-refractivity contribution is 0.0702. The number of fused-ring (bicyclic) bond motifs is 1. The maximum atomic E-state index is 13.8. The van der Waals surface area contributed by atoms with Gasteiger partial charge >= 0.3 is 0 Å². The van der Waals surface area contributed by atoms with E-state index in [1.807, 2.05) is 6.07 Å². The van der Waals surface area contributed by atoms with Crippen LogP contribution in [0.1, 0.15) is 34.2 Å². The first-order chi connectivity index (χ1) is 12.5. The number of nitrogens with zero attached hydrogens (tertiary/aromatic N) is 3. The zero-order chi connectivity index (χ0) is 18.4. The van der Waals surface area contributed by atoms with Crippen LogP contribution in [0, 0.1) is 17.7 Å². The molecule has 3 atom stereocenters. The molecule has 1 N–H and O–H groups in total. The van der Waals surface area contributed by atoms with E-state index in [0.29, 0.717) is 6.54 Å². The summed E-state index contributed by atoms with van der Waals surface area (Å²) in [5.74, 6) is -0.279. The molecule has 3 heterocycles. The number of hydrogen-bond donors (Lipinski definition) is 1. The van der Waals surface area contributed by atoms with E-state index in [-0.39, 0.29) is 47.7 Å². The Balaban J connectivity index is 0.00000210. The van der Waals surface area contributed by atoms with Crippen LogP contribution in [0.5, 0.6) is 0 Å². The Morgan fingerprint density at radius 2 is 2.07 bits per heavy atom. The van der Waals surface area contributed by atoms with Crippen LogP contribution in [0.15, 0.2) is 30.3 Å². The summed E-state index contributed by atoms with van der Waals surface area (Å²) in [6.45, 7) is 2.03. The molecule has 4 rings (SSSR count). The third-order valence-corrected chi connectivity index (χ3v) is 5.36. The molecule has 0 aliphatic carbocycles. The Kier molecular flexibility index (Phi) is 5.48. The molecule has 1 aromatic heterocycles. The van der Waals surface area contributed by atoms with Crippen LogP contribution in [-0.2, 0) is 7.05 Å². The number of aryl methyl sites for hydroxylation is 1. The molecule has 0 saturated carbocycles. The smallest absolute Gasteiger partial charge is 0.282 e. The van der Waals surface area contributed by atoms with Crippen molar-refractivity contribution in [1.29, 1.82) is 0 Å². The molecule has 2 saturated heterocycles. The fraction of sp³-hybridized carbons (Fsp3) is 0.444. The van der Waals surface area contributed by atoms with Gasteiger partial charge in [-0.25, -0.2) is 13.2 Å². The van der Waals surface area contributed by atoms with E-state index >= 15 is 0 Å². The SMILES string of the molecule is Cl.Cn1nc(C(F)F)cc1C(=O)N1C[C@@H]2CNC[C@@H]2[C@@H]1c1cccc(F)c1. The minimum atomic E-state index is -2.73. The van der Waals surface area contributed by atoms with E-state index in [2.05, 4.69) is 10.4 Å². The van der Waals surface area contributed by atoms with Gasteiger partial charge in [0.1, 0.15) is 17.2 Å². The summed E-state index contributed by atoms with van der Waals surface area (Å²) in [5, 5.41) is 7.05. The number of carbonyl (C=O) groups excluding carboxylic acids is 1. The van der Waals surface area contributed by atoms with Crippen molar-refractivity contribution in [3.63, 3.8) is 0 Å². The first-order valence-corrected chi connectivity index (χ1v) is 8.55. The third-order valence-electron chi connectivity index (χ3n) is 5.36. The van der Waals surface area contributed by atoms with Crippen LogP contribution in [-0.4, -0.2) is 40.2 Å². The first kappa shape index (κ1) is 19.7. The quantitative estimate of drug-likeness (QED) is 0.861. The fourth-order valence-corrected chi connectivity index (χ4v) is 4.19. The zero-order valence-corrected chi connectivity index (χ0v) is 15.4. The van der Waals surface area contributed by atoms with Gasteiger partial charge in [-0.3, -0.25) is 9.48 Å². The number of likely N-dealkylation sites (tertiary alicyclic amines) is 1. The number of alkyl halides is 2. The molecule has 27 heavy (non-hydrogen) atoms. The molecular weight excluding hydrogens is 381 g/mol. The second kappa shape index (κ2) is 7.52. The van der Waals surface area contributed by atoms with Crippen LogP contribution in [0.3, 0.4) is 0 Å². The van der Waals surface area contributed by atoms with Crippen LogP contribution in [0.25, 0.3) is 0 Å². The Morgan fingerprint density at radius 1 is 1.30 bits per heavy atom. The summed E-state index contributed by atoms with van der Waals surface area (Å²) >= 11 is 0. The van der Waals surface area contributed by atoms with Gasteiger partial charge in [0.2, 0.25) is 0 Å². The van der Waals surface area contributed by atoms with Gasteiger partial charge in [-0.1, -0.05) is 12.1 Å². The summed E-state index contributed by atoms with van der Waals surface area (Å²) in [7, 11) is 1.48. The van der Waals surface area contributed by atoms with Crippen molar-refractivity contribution in [3.05, 3.63) is 53.1 Å². The normalized spacial score (nSPS) is 24.2. The Labute approximate surface area is 160 Å². The number of carbonyl (C=O) groups is 1. The van der Waals surface area contributed by atoms with E-state index in [9.17, 15) is 18.0 Å². The standard InChI is InChI=1S/C18H19F3N4O.ClH/c1-24-15(6-14(23-24)17(20)21)18(26)25-9-11-7-22-8-13(11)16(25)10-3-2-4-12(19)5-10;/h2-6,11,13,16-17,22H,7-9H2,1H3;1H/t11-,13-,16-;/m0./s1. The van der Waals surface area contributed by atoms with Gasteiger partial charge < -0.3 is 10.2 Å². The number of aromatic nitrogens is 2. The molecule has 9 heteroatoms. The van der Waals surface area contributed by atoms with E-state index in [1.165, 1.54) is 23.9 Å². The molecule has 0 unspecified atom stereocenters. The molecule has 2 aliphatic heterocycles. The van der Waals surface area contributed by atoms with Crippen LogP contribution < -0.4 is 5.32 Å². The maximum absolute atomic E-state index is 13.8. The minimum Gasteiger partial charge on any atom is -0.330 e. The third kappa shape index (κ3) is 3.43. The minimum absolute atomic E-state index is 0. The van der Waals surface area contributed by atoms with Crippen molar-refractivity contribution in [2.24, 2.45) is 18.9 Å². The average Bonchev–Trinajstić information content (AvgIpc) is 3.27. The summed E-state index contributed by atoms with van der Waals surface area (Å²) in [6.07, 6.45) is -2.73. The predicted octanol–water partition coefficient (Wildman–Crippen LogP) is 2.95. The van der Waals surface area contributed by atoms with Crippen LogP contribution in [0.4, 0.5) is 13.2 Å². The molecule has 0 bridgehead atoms. The Morgan fingerprint density at radius 3 is 2.74 bits per heavy atom. The van der Waals surface area contributed by atoms with Crippen molar-refractivity contribution in [1.82, 2.24) is 20.0 Å². The molecule has 146 valence electrons. The summed E-state index contributed by atoms with van der Waals surface area (Å²) < 4.78 is 40.8. The van der Waals surface area contributed by atoms with E-state index in [1.54, 1.807) is 11.0 Å². The number of rotatable bonds is 3. The number of halogens is 4. The van der Waals surface area contributed by atoms with Gasteiger partial charge in [-0.05, 0) is 29.7 Å². The monoisotopic (exact) mass is 400 g/mol. The summed E-state index contributed by atoms with van der Waals surface area (Å²) in [4.78, 5) is 14.8. The number of hydrogen-bond acceptors (Lipinski definition) is 3. The molecule has 5 nitrogen and oxygen atoms in total. The van der Waals surface area contributed by atoms with Gasteiger partial charge in [-0.15, -0.1) is 12.4 Å². The van der Waals surface area contributed by atoms with E-state index in [0.717, 1.165) is 24.7 Å². The van der Waals surface area contributed by atoms with Gasteiger partial charge in [0.05, 0.1) is 6.04 Å². The highest BCUT2D eigenvalue weighted by Gasteiger charge is 2.47. The number of benzene rings is 1. The molecule has 2 aliphatic rings. The first-order valence-electron chi connectivity index (χ1n) is 8.55. The highest BCUT2D eigenvalue weighted by Crippen LogP contribution is 2.43. The number of nitrogens with one attached hydrogen (secondary N) is 1. The molecule has 2 aromatic rings. The molecule has 0 spiro atoms. The van der Waals surface area contributed by atoms with Crippen molar-refractivity contribution in [2.75, 3.05) is 19.6 Å². The van der Waals surface area contributed by atoms with Gasteiger partial charge in [0.15, 0.2) is 0 Å². The van der Waals surface area contributed by atoms with E-state index in [4.69, 9.17) is 0 Å². The number of amides is 1. The van der Waals surface area contributed by atoms with Crippen molar-refractivity contribution in [2.45, 2.75) is 12.5 Å². The fourth-order valence-electron chi connectivity index (χ4n) is 4.19. The van der Waals surface area contributed by atoms with Crippen LogP contribution in [0.2, 0.25) is 0 Å². The van der Waals surface area contributed by atoms with Crippen molar-refractivity contribution in [3.8, 4) is 0 Å². The lowest BCUT2D eigenvalue weighted by atomic mass is 9.89. The van der Waals surface area contributed by atoms with Gasteiger partial charge in [0, 0.05) is 32.6 Å². The molecule has 1 aromatic carbocycles. The highest BCUT2D eigenvalue weighted by atomic mass is 35.5. The molecule has 0 radical (unpaired) electrons. The lowest BCUT2D eigenvalue weighted by Gasteiger charge is -2.28. The largest absolute Gasteiger partial charge is 0.330 e. The average molecular weight is 401 g/mol. The van der Waals surface area contributed by atoms with Crippen molar-refractivity contribution >= 4 is 18.3 Å². The molecule has 1 amide bonds. The highest BCUT2D eigenvalue weighted by molar-refractivity contribution is 5.93. The summed E-state index contributed by atoms with van der Waals surface area (Å²) in [5.41, 5.74) is 0.430. The predicted molar refractivity (Wildman–Crippen MR) is 95.4 cm³/mol.